The van der Waals surface area contributed by atoms with Gasteiger partial charge in [0.05, 0.1) is 5.02 Å². The highest BCUT2D eigenvalue weighted by molar-refractivity contribution is 9.10. The summed E-state index contributed by atoms with van der Waals surface area (Å²) in [5.41, 5.74) is 2.65. The van der Waals surface area contributed by atoms with Crippen molar-refractivity contribution in [2.75, 3.05) is 5.32 Å². The second-order valence-electron chi connectivity index (χ2n) is 4.54. The molecule has 0 atom stereocenters. The minimum Gasteiger partial charge on any atom is -0.508 e. The molecule has 20 heavy (non-hydrogen) atoms. The molecule has 1 amide bonds. The predicted octanol–water partition coefficient (Wildman–Crippen LogP) is 4.68. The van der Waals surface area contributed by atoms with Gasteiger partial charge in [-0.1, -0.05) is 11.6 Å². The molecule has 5 heteroatoms. The quantitative estimate of drug-likeness (QED) is 0.770. The molecule has 0 fully saturated rings. The van der Waals surface area contributed by atoms with Crippen molar-refractivity contribution in [3.8, 4) is 5.75 Å². The first kappa shape index (κ1) is 14.9. The van der Waals surface area contributed by atoms with Crippen molar-refractivity contribution in [1.82, 2.24) is 0 Å². The summed E-state index contributed by atoms with van der Waals surface area (Å²) in [7, 11) is 0. The number of anilines is 1. The Morgan fingerprint density at radius 1 is 1.20 bits per heavy atom. The number of hydrogen-bond donors (Lipinski definition) is 2. The molecule has 0 aliphatic heterocycles. The standard InChI is InChI=1S/C15H13BrClNO2/c1-8-6-14(19)9(2)5-13(8)18-15(20)10-3-4-11(16)12(17)7-10/h3-7,19H,1-2H3,(H,18,20). The van der Waals surface area contributed by atoms with Crippen molar-refractivity contribution in [3.63, 3.8) is 0 Å². The number of halogens is 2. The fourth-order valence-corrected chi connectivity index (χ4v) is 2.19. The number of carbonyl (C=O) groups is 1. The molecule has 0 aromatic heterocycles. The lowest BCUT2D eigenvalue weighted by Crippen LogP contribution is -2.12. The van der Waals surface area contributed by atoms with Gasteiger partial charge in [-0.3, -0.25) is 4.79 Å². The molecule has 0 bridgehead atoms. The Kier molecular flexibility index (Phi) is 4.35. The second-order valence-corrected chi connectivity index (χ2v) is 5.80. The summed E-state index contributed by atoms with van der Waals surface area (Å²) >= 11 is 9.26. The molecule has 0 heterocycles. The molecular formula is C15H13BrClNO2. The summed E-state index contributed by atoms with van der Waals surface area (Å²) < 4.78 is 0.743. The Morgan fingerprint density at radius 2 is 1.90 bits per heavy atom. The summed E-state index contributed by atoms with van der Waals surface area (Å²) in [6.45, 7) is 3.60. The van der Waals surface area contributed by atoms with E-state index >= 15 is 0 Å². The van der Waals surface area contributed by atoms with Crippen LogP contribution in [0, 0.1) is 13.8 Å². The van der Waals surface area contributed by atoms with E-state index in [0.29, 0.717) is 21.8 Å². The number of rotatable bonds is 2. The Hall–Kier alpha value is -1.52. The van der Waals surface area contributed by atoms with Gasteiger partial charge >= 0.3 is 0 Å². The number of benzene rings is 2. The van der Waals surface area contributed by atoms with Crippen molar-refractivity contribution < 1.29 is 9.90 Å². The van der Waals surface area contributed by atoms with Crippen molar-refractivity contribution >= 4 is 39.1 Å². The Morgan fingerprint density at radius 3 is 2.55 bits per heavy atom. The van der Waals surface area contributed by atoms with E-state index in [-0.39, 0.29) is 11.7 Å². The van der Waals surface area contributed by atoms with Crippen LogP contribution in [0.4, 0.5) is 5.69 Å². The van der Waals surface area contributed by atoms with Crippen LogP contribution in [0.2, 0.25) is 5.02 Å². The van der Waals surface area contributed by atoms with E-state index < -0.39 is 0 Å². The van der Waals surface area contributed by atoms with E-state index in [9.17, 15) is 9.90 Å². The van der Waals surface area contributed by atoms with Gasteiger partial charge in [-0.25, -0.2) is 0 Å². The minimum atomic E-state index is -0.243. The average Bonchev–Trinajstić information content (AvgIpc) is 2.39. The molecule has 104 valence electrons. The molecule has 0 aliphatic rings. The molecule has 0 radical (unpaired) electrons. The van der Waals surface area contributed by atoms with E-state index in [2.05, 4.69) is 21.2 Å². The third kappa shape index (κ3) is 3.14. The SMILES string of the molecule is Cc1cc(NC(=O)c2ccc(Br)c(Cl)c2)c(C)cc1O. The first-order valence-corrected chi connectivity index (χ1v) is 7.12. The summed E-state index contributed by atoms with van der Waals surface area (Å²) in [6, 6.07) is 8.38. The fraction of sp³-hybridized carbons (Fsp3) is 0.133. The Bertz CT molecular complexity index is 686. The Balaban J connectivity index is 2.27. The van der Waals surface area contributed by atoms with Gasteiger partial charge in [0.2, 0.25) is 0 Å². The highest BCUT2D eigenvalue weighted by Gasteiger charge is 2.11. The van der Waals surface area contributed by atoms with E-state index in [4.69, 9.17) is 11.6 Å². The maximum atomic E-state index is 12.2. The maximum absolute atomic E-state index is 12.2. The van der Waals surface area contributed by atoms with Crippen LogP contribution in [0.15, 0.2) is 34.8 Å². The van der Waals surface area contributed by atoms with Crippen LogP contribution >= 0.6 is 27.5 Å². The summed E-state index contributed by atoms with van der Waals surface area (Å²) in [5, 5.41) is 12.9. The molecule has 2 aromatic rings. The van der Waals surface area contributed by atoms with E-state index in [1.165, 1.54) is 0 Å². The van der Waals surface area contributed by atoms with Crippen molar-refractivity contribution in [1.29, 1.82) is 0 Å². The number of phenols is 1. The van der Waals surface area contributed by atoms with Crippen LogP contribution < -0.4 is 5.32 Å². The summed E-state index contributed by atoms with van der Waals surface area (Å²) in [5.74, 6) is -0.0280. The van der Waals surface area contributed by atoms with E-state index in [0.717, 1.165) is 10.0 Å². The van der Waals surface area contributed by atoms with Crippen LogP contribution in [-0.4, -0.2) is 11.0 Å². The van der Waals surface area contributed by atoms with Crippen LogP contribution in [-0.2, 0) is 0 Å². The molecule has 0 saturated heterocycles. The van der Waals surface area contributed by atoms with Crippen molar-refractivity contribution in [3.05, 3.63) is 56.5 Å². The van der Waals surface area contributed by atoms with Crippen molar-refractivity contribution in [2.45, 2.75) is 13.8 Å². The zero-order valence-electron chi connectivity index (χ0n) is 11.0. The maximum Gasteiger partial charge on any atom is 0.255 e. The highest BCUT2D eigenvalue weighted by atomic mass is 79.9. The van der Waals surface area contributed by atoms with Gasteiger partial charge in [-0.05, 0) is 71.2 Å². The lowest BCUT2D eigenvalue weighted by Gasteiger charge is -2.11. The first-order valence-electron chi connectivity index (χ1n) is 5.95. The minimum absolute atomic E-state index is 0.215. The summed E-state index contributed by atoms with van der Waals surface area (Å²) in [4.78, 5) is 12.2. The lowest BCUT2D eigenvalue weighted by atomic mass is 10.1. The van der Waals surface area contributed by atoms with Gasteiger partial charge < -0.3 is 10.4 Å². The van der Waals surface area contributed by atoms with Gasteiger partial charge in [0, 0.05) is 15.7 Å². The zero-order valence-corrected chi connectivity index (χ0v) is 13.3. The third-order valence-corrected chi connectivity index (χ3v) is 4.21. The van der Waals surface area contributed by atoms with Crippen LogP contribution in [0.25, 0.3) is 0 Å². The van der Waals surface area contributed by atoms with Crippen LogP contribution in [0.5, 0.6) is 5.75 Å². The highest BCUT2D eigenvalue weighted by Crippen LogP contribution is 2.27. The monoisotopic (exact) mass is 353 g/mol. The van der Waals surface area contributed by atoms with E-state index in [1.807, 2.05) is 6.92 Å². The van der Waals surface area contributed by atoms with Gasteiger partial charge in [0.1, 0.15) is 5.75 Å². The van der Waals surface area contributed by atoms with Crippen molar-refractivity contribution in [2.24, 2.45) is 0 Å². The number of phenolic OH excluding ortho intramolecular Hbond substituents is 1. The topological polar surface area (TPSA) is 49.3 Å². The number of aromatic hydroxyl groups is 1. The smallest absolute Gasteiger partial charge is 0.255 e. The average molecular weight is 355 g/mol. The number of carbonyl (C=O) groups excluding carboxylic acids is 1. The largest absolute Gasteiger partial charge is 0.508 e. The fourth-order valence-electron chi connectivity index (χ4n) is 1.77. The Labute approximate surface area is 130 Å². The van der Waals surface area contributed by atoms with E-state index in [1.54, 1.807) is 37.3 Å². The molecule has 0 spiro atoms. The summed E-state index contributed by atoms with van der Waals surface area (Å²) in [6.07, 6.45) is 0. The lowest BCUT2D eigenvalue weighted by molar-refractivity contribution is 0.102. The van der Waals surface area contributed by atoms with Gasteiger partial charge in [0.15, 0.2) is 0 Å². The van der Waals surface area contributed by atoms with Gasteiger partial charge in [-0.15, -0.1) is 0 Å². The molecule has 2 aromatic carbocycles. The molecule has 3 nitrogen and oxygen atoms in total. The molecule has 0 saturated carbocycles. The molecule has 2 rings (SSSR count). The number of nitrogens with one attached hydrogen (secondary N) is 1. The first-order chi connectivity index (χ1) is 9.38. The normalized spacial score (nSPS) is 10.4. The zero-order chi connectivity index (χ0) is 14.9. The number of hydrogen-bond acceptors (Lipinski definition) is 2. The molecule has 2 N–H and O–H groups in total. The molecular weight excluding hydrogens is 342 g/mol. The third-order valence-electron chi connectivity index (χ3n) is 2.97. The molecule has 0 unspecified atom stereocenters. The number of aryl methyl sites for hydroxylation is 2. The van der Waals surface area contributed by atoms with Gasteiger partial charge in [0.25, 0.3) is 5.91 Å². The molecule has 0 aliphatic carbocycles. The van der Waals surface area contributed by atoms with Gasteiger partial charge in [-0.2, -0.15) is 0 Å². The second kappa shape index (κ2) is 5.85. The predicted molar refractivity (Wildman–Crippen MR) is 84.7 cm³/mol. The van der Waals surface area contributed by atoms with Crippen LogP contribution in [0.1, 0.15) is 21.5 Å². The van der Waals surface area contributed by atoms with Crippen LogP contribution in [0.3, 0.4) is 0 Å². The number of amides is 1.